The Balaban J connectivity index is 1.96. The second-order valence-corrected chi connectivity index (χ2v) is 4.78. The van der Waals surface area contributed by atoms with Gasteiger partial charge in [0, 0.05) is 12.5 Å². The van der Waals surface area contributed by atoms with Crippen LogP contribution in [0.2, 0.25) is 0 Å². The van der Waals surface area contributed by atoms with E-state index in [2.05, 4.69) is 37.3 Å². The molecule has 0 spiro atoms. The number of benzene rings is 1. The van der Waals surface area contributed by atoms with Crippen LogP contribution in [0.4, 0.5) is 0 Å². The van der Waals surface area contributed by atoms with Gasteiger partial charge in [0.1, 0.15) is 0 Å². The molecule has 78 valence electrons. The van der Waals surface area contributed by atoms with Crippen molar-refractivity contribution in [3.05, 3.63) is 41.5 Å². The largest absolute Gasteiger partial charge is 0.396 e. The third-order valence-electron chi connectivity index (χ3n) is 3.75. The minimum absolute atomic E-state index is 0.346. The number of hydrogen-bond donors (Lipinski definition) is 1. The van der Waals surface area contributed by atoms with Crippen LogP contribution in [-0.4, -0.2) is 11.7 Å². The number of hydrogen-bond acceptors (Lipinski definition) is 1. The van der Waals surface area contributed by atoms with Gasteiger partial charge in [-0.1, -0.05) is 37.3 Å². The number of aliphatic hydroxyl groups is 1. The van der Waals surface area contributed by atoms with Crippen molar-refractivity contribution in [1.29, 1.82) is 0 Å². The van der Waals surface area contributed by atoms with Crippen LogP contribution >= 0.6 is 0 Å². The fourth-order valence-electron chi connectivity index (χ4n) is 2.76. The van der Waals surface area contributed by atoms with Gasteiger partial charge in [0.15, 0.2) is 0 Å². The maximum atomic E-state index is 9.12. The molecular formula is C14H16O. The van der Waals surface area contributed by atoms with E-state index in [1.165, 1.54) is 23.1 Å². The first-order chi connectivity index (χ1) is 7.31. The quantitative estimate of drug-likeness (QED) is 0.778. The van der Waals surface area contributed by atoms with Crippen LogP contribution in [0.1, 0.15) is 30.4 Å². The zero-order chi connectivity index (χ0) is 10.4. The molecule has 1 saturated carbocycles. The molecule has 2 aliphatic carbocycles. The Kier molecular flexibility index (Phi) is 1.96. The summed E-state index contributed by atoms with van der Waals surface area (Å²) < 4.78 is 0. The van der Waals surface area contributed by atoms with Gasteiger partial charge >= 0.3 is 0 Å². The molecule has 0 aliphatic heterocycles. The van der Waals surface area contributed by atoms with Crippen molar-refractivity contribution in [2.75, 3.05) is 6.61 Å². The average Bonchev–Trinajstić information content (AvgIpc) is 2.98. The lowest BCUT2D eigenvalue weighted by molar-refractivity contribution is 0.273. The van der Waals surface area contributed by atoms with E-state index in [9.17, 15) is 0 Å². The van der Waals surface area contributed by atoms with Gasteiger partial charge in [0.25, 0.3) is 0 Å². The topological polar surface area (TPSA) is 20.2 Å². The van der Waals surface area contributed by atoms with E-state index in [1.54, 1.807) is 0 Å². The molecule has 0 amide bonds. The van der Waals surface area contributed by atoms with Gasteiger partial charge in [-0.25, -0.2) is 0 Å². The molecule has 3 rings (SSSR count). The lowest BCUT2D eigenvalue weighted by Gasteiger charge is -2.05. The van der Waals surface area contributed by atoms with E-state index in [4.69, 9.17) is 5.11 Å². The Labute approximate surface area is 90.4 Å². The average molecular weight is 200 g/mol. The lowest BCUT2D eigenvalue weighted by Crippen LogP contribution is -1.91. The minimum atomic E-state index is 0.346. The van der Waals surface area contributed by atoms with E-state index >= 15 is 0 Å². The summed E-state index contributed by atoms with van der Waals surface area (Å²) in [4.78, 5) is 0. The normalized spacial score (nSPS) is 32.4. The van der Waals surface area contributed by atoms with E-state index in [0.29, 0.717) is 24.4 Å². The van der Waals surface area contributed by atoms with E-state index in [0.717, 1.165) is 0 Å². The van der Waals surface area contributed by atoms with Crippen LogP contribution in [0.3, 0.4) is 0 Å². The highest BCUT2D eigenvalue weighted by molar-refractivity contribution is 5.77. The monoisotopic (exact) mass is 200 g/mol. The van der Waals surface area contributed by atoms with Gasteiger partial charge < -0.3 is 5.11 Å². The highest BCUT2D eigenvalue weighted by Crippen LogP contribution is 2.52. The summed E-state index contributed by atoms with van der Waals surface area (Å²) >= 11 is 0. The Hall–Kier alpha value is -1.08. The maximum absolute atomic E-state index is 9.12. The van der Waals surface area contributed by atoms with Crippen LogP contribution in [-0.2, 0) is 0 Å². The fourth-order valence-corrected chi connectivity index (χ4v) is 2.76. The Morgan fingerprint density at radius 1 is 1.33 bits per heavy atom. The van der Waals surface area contributed by atoms with Crippen LogP contribution in [0.5, 0.6) is 0 Å². The molecular weight excluding hydrogens is 184 g/mol. The summed E-state index contributed by atoms with van der Waals surface area (Å²) in [5.74, 6) is 1.70. The van der Waals surface area contributed by atoms with Crippen LogP contribution < -0.4 is 0 Å². The smallest absolute Gasteiger partial charge is 0.0465 e. The first kappa shape index (κ1) is 9.17. The molecule has 1 heteroatoms. The summed E-state index contributed by atoms with van der Waals surface area (Å²) in [6.45, 7) is 2.60. The molecule has 0 saturated heterocycles. The predicted molar refractivity (Wildman–Crippen MR) is 61.5 cm³/mol. The summed E-state index contributed by atoms with van der Waals surface area (Å²) in [6.07, 6.45) is 3.55. The number of allylic oxidation sites excluding steroid dienone is 2. The molecule has 2 aliphatic rings. The molecule has 1 fully saturated rings. The second kappa shape index (κ2) is 3.21. The maximum Gasteiger partial charge on any atom is 0.0465 e. The molecule has 1 N–H and O–H groups in total. The summed E-state index contributed by atoms with van der Waals surface area (Å²) in [5.41, 5.74) is 4.36. The fraction of sp³-hybridized carbons (Fsp3) is 0.429. The molecule has 0 bridgehead atoms. The van der Waals surface area contributed by atoms with E-state index in [-0.39, 0.29) is 0 Å². The molecule has 1 aromatic rings. The molecule has 0 radical (unpaired) electrons. The third kappa shape index (κ3) is 1.34. The lowest BCUT2D eigenvalue weighted by atomic mass is 10.00. The first-order valence-electron chi connectivity index (χ1n) is 5.73. The van der Waals surface area contributed by atoms with Gasteiger partial charge in [-0.3, -0.25) is 0 Å². The van der Waals surface area contributed by atoms with E-state index < -0.39 is 0 Å². The Morgan fingerprint density at radius 3 is 2.87 bits per heavy atom. The van der Waals surface area contributed by atoms with Crippen LogP contribution in [0.25, 0.3) is 5.57 Å². The van der Waals surface area contributed by atoms with Crippen molar-refractivity contribution < 1.29 is 5.11 Å². The van der Waals surface area contributed by atoms with Gasteiger partial charge in [0.05, 0.1) is 0 Å². The molecule has 15 heavy (non-hydrogen) atoms. The Bertz CT molecular complexity index is 419. The standard InChI is InChI=1S/C14H16O/c1-9-6-14(13-7-10(13)8-15)12-5-3-2-4-11(9)12/h2-6,9-10,13,15H,7-8H2,1H3/t9?,10?,13-/m0/s1. The van der Waals surface area contributed by atoms with Gasteiger partial charge in [-0.15, -0.1) is 0 Å². The number of aliphatic hydroxyl groups excluding tert-OH is 1. The molecule has 2 unspecified atom stereocenters. The van der Waals surface area contributed by atoms with Crippen LogP contribution in [0.15, 0.2) is 30.3 Å². The van der Waals surface area contributed by atoms with Crippen molar-refractivity contribution in [3.8, 4) is 0 Å². The summed E-state index contributed by atoms with van der Waals surface area (Å²) in [6, 6.07) is 8.67. The zero-order valence-corrected chi connectivity index (χ0v) is 8.98. The third-order valence-corrected chi connectivity index (χ3v) is 3.75. The minimum Gasteiger partial charge on any atom is -0.396 e. The highest BCUT2D eigenvalue weighted by Gasteiger charge is 2.41. The summed E-state index contributed by atoms with van der Waals surface area (Å²) in [5, 5.41) is 9.12. The zero-order valence-electron chi connectivity index (χ0n) is 8.98. The molecule has 0 aromatic heterocycles. The van der Waals surface area contributed by atoms with Crippen molar-refractivity contribution in [2.45, 2.75) is 19.3 Å². The number of fused-ring (bicyclic) bond motifs is 1. The van der Waals surface area contributed by atoms with Crippen molar-refractivity contribution in [1.82, 2.24) is 0 Å². The van der Waals surface area contributed by atoms with Crippen molar-refractivity contribution in [3.63, 3.8) is 0 Å². The Morgan fingerprint density at radius 2 is 2.13 bits per heavy atom. The van der Waals surface area contributed by atoms with Crippen molar-refractivity contribution in [2.24, 2.45) is 11.8 Å². The van der Waals surface area contributed by atoms with Crippen LogP contribution in [0, 0.1) is 11.8 Å². The van der Waals surface area contributed by atoms with Gasteiger partial charge in [-0.2, -0.15) is 0 Å². The predicted octanol–water partition coefficient (Wildman–Crippen LogP) is 2.82. The van der Waals surface area contributed by atoms with E-state index in [1.807, 2.05) is 0 Å². The SMILES string of the molecule is CC1C=C([C@H]2CC2CO)c2ccccc21. The molecule has 1 nitrogen and oxygen atoms in total. The molecule has 1 aromatic carbocycles. The summed E-state index contributed by atoms with van der Waals surface area (Å²) in [7, 11) is 0. The number of rotatable bonds is 2. The second-order valence-electron chi connectivity index (χ2n) is 4.78. The first-order valence-corrected chi connectivity index (χ1v) is 5.73. The van der Waals surface area contributed by atoms with Gasteiger partial charge in [-0.05, 0) is 35.0 Å². The van der Waals surface area contributed by atoms with Crippen molar-refractivity contribution >= 4 is 5.57 Å². The molecule has 0 heterocycles. The highest BCUT2D eigenvalue weighted by atomic mass is 16.3. The van der Waals surface area contributed by atoms with Gasteiger partial charge in [0.2, 0.25) is 0 Å². The molecule has 3 atom stereocenters.